The van der Waals surface area contributed by atoms with Crippen LogP contribution in [0.4, 0.5) is 0 Å². The first-order valence-corrected chi connectivity index (χ1v) is 9.43. The monoisotopic (exact) mass is 496 g/mol. The van der Waals surface area contributed by atoms with Gasteiger partial charge in [-0.1, -0.05) is 0 Å². The predicted molar refractivity (Wildman–Crippen MR) is 115 cm³/mol. The number of hydrogen-bond acceptors (Lipinski definition) is 5. The summed E-state index contributed by atoms with van der Waals surface area (Å²) in [7, 11) is 1.60. The molecule has 9 nitrogen and oxygen atoms in total. The van der Waals surface area contributed by atoms with Crippen molar-refractivity contribution >= 4 is 41.8 Å². The van der Waals surface area contributed by atoms with Crippen LogP contribution in [0.5, 0.6) is 0 Å². The van der Waals surface area contributed by atoms with Gasteiger partial charge in [-0.3, -0.25) is 14.5 Å². The minimum absolute atomic E-state index is 0. The zero-order chi connectivity index (χ0) is 18.8. The molecule has 1 aliphatic heterocycles. The largest absolute Gasteiger partial charge is 0.383 e. The van der Waals surface area contributed by atoms with Crippen molar-refractivity contribution in [2.24, 2.45) is 4.99 Å². The molecule has 27 heavy (non-hydrogen) atoms. The zero-order valence-corrected chi connectivity index (χ0v) is 18.7. The number of guanidine groups is 1. The summed E-state index contributed by atoms with van der Waals surface area (Å²) in [6.45, 7) is 7.47. The number of ether oxygens (including phenoxy) is 1. The third-order valence-electron chi connectivity index (χ3n) is 4.32. The molecule has 0 bridgehead atoms. The van der Waals surface area contributed by atoms with Crippen LogP contribution >= 0.6 is 24.0 Å². The van der Waals surface area contributed by atoms with Crippen LogP contribution in [-0.4, -0.2) is 99.7 Å². The first-order chi connectivity index (χ1) is 12.6. The van der Waals surface area contributed by atoms with E-state index in [2.05, 4.69) is 30.7 Å². The number of aliphatic imine (C=N–C) groups is 1. The maximum Gasteiger partial charge on any atom is 0.241 e. The number of nitrogens with one attached hydrogen (secondary N) is 3. The molecule has 1 aliphatic carbocycles. The average molecular weight is 496 g/mol. The molecule has 1 saturated heterocycles. The molecule has 0 unspecified atom stereocenters. The lowest BCUT2D eigenvalue weighted by molar-refractivity contribution is -0.122. The second-order valence-corrected chi connectivity index (χ2v) is 6.62. The molecule has 10 heteroatoms. The van der Waals surface area contributed by atoms with Crippen LogP contribution in [0.3, 0.4) is 0 Å². The first kappa shape index (κ1) is 23.9. The maximum atomic E-state index is 11.9. The molecule has 2 aliphatic rings. The van der Waals surface area contributed by atoms with Crippen LogP contribution in [-0.2, 0) is 14.3 Å². The summed E-state index contributed by atoms with van der Waals surface area (Å²) in [5.74, 6) is 0.749. The van der Waals surface area contributed by atoms with E-state index in [9.17, 15) is 9.59 Å². The fraction of sp³-hybridized carbons (Fsp3) is 0.824. The maximum absolute atomic E-state index is 11.9. The molecule has 0 radical (unpaired) electrons. The molecule has 0 aromatic carbocycles. The van der Waals surface area contributed by atoms with Gasteiger partial charge in [-0.25, -0.2) is 4.99 Å². The van der Waals surface area contributed by atoms with Crippen LogP contribution in [0.1, 0.15) is 19.8 Å². The van der Waals surface area contributed by atoms with E-state index < -0.39 is 0 Å². The smallest absolute Gasteiger partial charge is 0.241 e. The van der Waals surface area contributed by atoms with E-state index in [0.717, 1.165) is 51.5 Å². The Kier molecular flexibility index (Phi) is 11.6. The van der Waals surface area contributed by atoms with Gasteiger partial charge in [0.1, 0.15) is 6.54 Å². The highest BCUT2D eigenvalue weighted by molar-refractivity contribution is 14.0. The minimum atomic E-state index is -0.118. The van der Waals surface area contributed by atoms with Crippen molar-refractivity contribution in [2.45, 2.75) is 25.8 Å². The fourth-order valence-corrected chi connectivity index (χ4v) is 2.74. The average Bonchev–Trinajstić information content (AvgIpc) is 3.43. The van der Waals surface area contributed by atoms with Gasteiger partial charge in [0, 0.05) is 52.4 Å². The molecule has 0 spiro atoms. The Bertz CT molecular complexity index is 493. The summed E-state index contributed by atoms with van der Waals surface area (Å²) in [6.07, 6.45) is 2.22. The number of nitrogens with zero attached hydrogens (tertiary/aromatic N) is 3. The van der Waals surface area contributed by atoms with Crippen molar-refractivity contribution in [3.8, 4) is 0 Å². The minimum Gasteiger partial charge on any atom is -0.383 e. The fourth-order valence-electron chi connectivity index (χ4n) is 2.74. The molecule has 0 aromatic heterocycles. The third kappa shape index (κ3) is 9.56. The number of carbonyl (C=O) groups excluding carboxylic acids is 2. The van der Waals surface area contributed by atoms with E-state index in [1.54, 1.807) is 7.11 Å². The predicted octanol–water partition coefficient (Wildman–Crippen LogP) is -0.771. The summed E-state index contributed by atoms with van der Waals surface area (Å²) in [5.41, 5.74) is 0. The Morgan fingerprint density at radius 2 is 1.81 bits per heavy atom. The van der Waals surface area contributed by atoms with Gasteiger partial charge in [0.2, 0.25) is 11.8 Å². The summed E-state index contributed by atoms with van der Waals surface area (Å²) in [5, 5.41) is 9.03. The highest BCUT2D eigenvalue weighted by atomic mass is 127. The van der Waals surface area contributed by atoms with Gasteiger partial charge in [-0.05, 0) is 19.8 Å². The number of rotatable bonds is 9. The summed E-state index contributed by atoms with van der Waals surface area (Å²) >= 11 is 0. The molecule has 0 atom stereocenters. The molecule has 2 fully saturated rings. The lowest BCUT2D eigenvalue weighted by Crippen LogP contribution is -2.54. The standard InChI is InChI=1S/C17H32N6O3.HI/c1-3-18-17(20-12-15(24)19-6-11-26-2)23-9-7-22(8-10-23)13-16(25)21-14-4-5-14;/h14H,3-13H2,1-2H3,(H,18,20)(H,19,24)(H,21,25);1H. The van der Waals surface area contributed by atoms with Gasteiger partial charge in [0.15, 0.2) is 5.96 Å². The molecule has 3 N–H and O–H groups in total. The Labute approximate surface area is 178 Å². The molecule has 1 saturated carbocycles. The second-order valence-electron chi connectivity index (χ2n) is 6.62. The van der Waals surface area contributed by atoms with Gasteiger partial charge in [-0.2, -0.15) is 0 Å². The number of amides is 2. The summed E-state index contributed by atoms with van der Waals surface area (Å²) < 4.78 is 4.91. The van der Waals surface area contributed by atoms with E-state index >= 15 is 0 Å². The van der Waals surface area contributed by atoms with Crippen LogP contribution < -0.4 is 16.0 Å². The van der Waals surface area contributed by atoms with Gasteiger partial charge in [0.05, 0.1) is 13.2 Å². The lowest BCUT2D eigenvalue weighted by Gasteiger charge is -2.36. The molecular weight excluding hydrogens is 463 g/mol. The SMILES string of the molecule is CCNC(=NCC(=O)NCCOC)N1CCN(CC(=O)NC2CC2)CC1.I. The molecular formula is C17H33IN6O3. The zero-order valence-electron chi connectivity index (χ0n) is 16.3. The topological polar surface area (TPSA) is 98.3 Å². The Balaban J connectivity index is 0.00000364. The quantitative estimate of drug-likeness (QED) is 0.168. The lowest BCUT2D eigenvalue weighted by atomic mass is 10.3. The molecule has 156 valence electrons. The Morgan fingerprint density at radius 1 is 1.11 bits per heavy atom. The highest BCUT2D eigenvalue weighted by Gasteiger charge is 2.25. The number of halogens is 1. The van der Waals surface area contributed by atoms with Crippen molar-refractivity contribution in [3.05, 3.63) is 0 Å². The van der Waals surface area contributed by atoms with Crippen molar-refractivity contribution < 1.29 is 14.3 Å². The second kappa shape index (κ2) is 13.1. The summed E-state index contributed by atoms with van der Waals surface area (Å²) in [4.78, 5) is 32.4. The van der Waals surface area contributed by atoms with Crippen molar-refractivity contribution in [2.75, 3.05) is 66.1 Å². The van der Waals surface area contributed by atoms with Gasteiger partial charge >= 0.3 is 0 Å². The van der Waals surface area contributed by atoms with Crippen LogP contribution in [0.25, 0.3) is 0 Å². The number of methoxy groups -OCH3 is 1. The van der Waals surface area contributed by atoms with Crippen LogP contribution in [0.15, 0.2) is 4.99 Å². The van der Waals surface area contributed by atoms with Crippen molar-refractivity contribution in [1.82, 2.24) is 25.8 Å². The van der Waals surface area contributed by atoms with E-state index in [1.807, 2.05) is 6.92 Å². The third-order valence-corrected chi connectivity index (χ3v) is 4.32. The summed E-state index contributed by atoms with van der Waals surface area (Å²) in [6, 6.07) is 0.409. The number of piperazine rings is 1. The van der Waals surface area contributed by atoms with Gasteiger partial charge in [0.25, 0.3) is 0 Å². The normalized spacial score (nSPS) is 17.9. The first-order valence-electron chi connectivity index (χ1n) is 9.43. The van der Waals surface area contributed by atoms with Crippen LogP contribution in [0, 0.1) is 0 Å². The van der Waals surface area contributed by atoms with Gasteiger partial charge in [-0.15, -0.1) is 24.0 Å². The highest BCUT2D eigenvalue weighted by Crippen LogP contribution is 2.18. The van der Waals surface area contributed by atoms with E-state index in [1.165, 1.54) is 0 Å². The Morgan fingerprint density at radius 3 is 2.41 bits per heavy atom. The molecule has 0 aromatic rings. The number of carbonyl (C=O) groups is 2. The van der Waals surface area contributed by atoms with Crippen molar-refractivity contribution in [1.29, 1.82) is 0 Å². The number of hydrogen-bond donors (Lipinski definition) is 3. The van der Waals surface area contributed by atoms with E-state index in [0.29, 0.717) is 25.7 Å². The molecule has 2 amide bonds. The molecule has 1 heterocycles. The van der Waals surface area contributed by atoms with Gasteiger partial charge < -0.3 is 25.6 Å². The Hall–Kier alpha value is -1.14. The van der Waals surface area contributed by atoms with E-state index in [4.69, 9.17) is 4.74 Å². The van der Waals surface area contributed by atoms with Crippen molar-refractivity contribution in [3.63, 3.8) is 0 Å². The molecule has 2 rings (SSSR count). The van der Waals surface area contributed by atoms with Crippen LogP contribution in [0.2, 0.25) is 0 Å². The van der Waals surface area contributed by atoms with E-state index in [-0.39, 0.29) is 42.3 Å².